The molecule has 3 N–H and O–H groups in total. The lowest BCUT2D eigenvalue weighted by Crippen LogP contribution is -2.51. The first-order chi connectivity index (χ1) is 14.4. The number of piperidine rings is 2. The van der Waals surface area contributed by atoms with Gasteiger partial charge in [-0.3, -0.25) is 14.5 Å². The maximum atomic E-state index is 9.00. The minimum Gasteiger partial charge on any atom is -0.481 e. The molecule has 2 aliphatic heterocycles. The molecular weight excluding hydrogens is 384 g/mol. The molecule has 1 aromatic carbocycles. The number of aliphatic carboxylic acids is 2. The second-order valence-electron chi connectivity index (χ2n) is 7.60. The normalized spacial score (nSPS) is 20.6. The highest BCUT2D eigenvalue weighted by Gasteiger charge is 2.30. The third-order valence-corrected chi connectivity index (χ3v) is 5.11. The van der Waals surface area contributed by atoms with Crippen LogP contribution in [-0.2, 0) is 16.1 Å². The summed E-state index contributed by atoms with van der Waals surface area (Å²) in [6.45, 7) is 6.83. The molecule has 0 radical (unpaired) electrons. The molecule has 30 heavy (non-hydrogen) atoms. The summed E-state index contributed by atoms with van der Waals surface area (Å²) in [6.07, 6.45) is 7.87. The lowest BCUT2D eigenvalue weighted by molar-refractivity contribution is -0.135. The number of benzene rings is 1. The van der Waals surface area contributed by atoms with Crippen LogP contribution in [0.2, 0.25) is 0 Å². The van der Waals surface area contributed by atoms with Crippen LogP contribution in [0.5, 0.6) is 0 Å². The number of carbonyl (C=O) groups is 2. The molecule has 0 aliphatic carbocycles. The van der Waals surface area contributed by atoms with Crippen LogP contribution in [0.25, 0.3) is 5.69 Å². The summed E-state index contributed by atoms with van der Waals surface area (Å²) in [5, 5.41) is 22.9. The van der Waals surface area contributed by atoms with Crippen LogP contribution >= 0.6 is 0 Å². The van der Waals surface area contributed by atoms with Crippen LogP contribution in [-0.4, -0.2) is 62.5 Å². The molecule has 2 aliphatic rings. The lowest BCUT2D eigenvalue weighted by atomic mass is 9.85. The van der Waals surface area contributed by atoms with Crippen molar-refractivity contribution in [3.8, 4) is 5.69 Å². The molecular formula is C22H32N4O4. The van der Waals surface area contributed by atoms with Gasteiger partial charge in [-0.25, -0.2) is 4.68 Å². The Morgan fingerprint density at radius 2 is 1.83 bits per heavy atom. The molecule has 0 saturated carbocycles. The molecule has 2 atom stereocenters. The highest BCUT2D eigenvalue weighted by atomic mass is 16.4. The Balaban J connectivity index is 0.000000347. The number of nitrogens with zero attached hydrogens (tertiary/aromatic N) is 3. The van der Waals surface area contributed by atoms with Crippen molar-refractivity contribution < 1.29 is 19.8 Å². The Labute approximate surface area is 177 Å². The number of hydrogen-bond donors (Lipinski definition) is 3. The van der Waals surface area contributed by atoms with Crippen LogP contribution in [0, 0.1) is 5.92 Å². The predicted molar refractivity (Wildman–Crippen MR) is 115 cm³/mol. The van der Waals surface area contributed by atoms with Gasteiger partial charge in [-0.2, -0.15) is 5.10 Å². The van der Waals surface area contributed by atoms with E-state index in [1.54, 1.807) is 0 Å². The molecule has 1 aromatic heterocycles. The third kappa shape index (κ3) is 7.96. The topological polar surface area (TPSA) is 108 Å². The van der Waals surface area contributed by atoms with E-state index in [4.69, 9.17) is 19.8 Å². The van der Waals surface area contributed by atoms with Gasteiger partial charge < -0.3 is 15.5 Å². The van der Waals surface area contributed by atoms with Gasteiger partial charge in [0, 0.05) is 45.4 Å². The number of nitrogens with one attached hydrogen (secondary N) is 1. The van der Waals surface area contributed by atoms with Crippen LogP contribution in [0.1, 0.15) is 38.7 Å². The second kappa shape index (κ2) is 12.1. The van der Waals surface area contributed by atoms with Gasteiger partial charge in [0.25, 0.3) is 11.9 Å². The van der Waals surface area contributed by atoms with Crippen LogP contribution in [0.3, 0.4) is 0 Å². The molecule has 3 heterocycles. The van der Waals surface area contributed by atoms with Crippen molar-refractivity contribution in [1.82, 2.24) is 20.0 Å². The summed E-state index contributed by atoms with van der Waals surface area (Å²) in [5.74, 6) is -0.834. The average Bonchev–Trinajstić information content (AvgIpc) is 3.22. The zero-order valence-corrected chi connectivity index (χ0v) is 17.7. The first kappa shape index (κ1) is 23.6. The second-order valence-corrected chi connectivity index (χ2v) is 7.60. The van der Waals surface area contributed by atoms with Gasteiger partial charge in [0.2, 0.25) is 0 Å². The fourth-order valence-electron chi connectivity index (χ4n) is 3.98. The van der Waals surface area contributed by atoms with E-state index in [-0.39, 0.29) is 0 Å². The van der Waals surface area contributed by atoms with Gasteiger partial charge in [-0.15, -0.1) is 0 Å². The Hall–Kier alpha value is -2.71. The predicted octanol–water partition coefficient (Wildman–Crippen LogP) is 2.63. The van der Waals surface area contributed by atoms with Gasteiger partial charge in [0.1, 0.15) is 0 Å². The van der Waals surface area contributed by atoms with Gasteiger partial charge in [0.15, 0.2) is 0 Å². The summed E-state index contributed by atoms with van der Waals surface area (Å²) in [4.78, 5) is 20.6. The molecule has 0 spiro atoms. The van der Waals surface area contributed by atoms with E-state index < -0.39 is 11.9 Å². The molecule has 2 aromatic rings. The van der Waals surface area contributed by atoms with Crippen molar-refractivity contribution in [2.75, 3.05) is 19.6 Å². The highest BCUT2D eigenvalue weighted by molar-refractivity contribution is 5.63. The SMILES string of the molecule is CC(=O)O.CC(=O)O.c1ccc(-n2cccn2)c(CN2CC[C@@H]3NCCC[C@@H]3C2)c1. The van der Waals surface area contributed by atoms with Crippen molar-refractivity contribution >= 4 is 11.9 Å². The Kier molecular flexibility index (Phi) is 9.50. The van der Waals surface area contributed by atoms with Gasteiger partial charge in [0.05, 0.1) is 5.69 Å². The van der Waals surface area contributed by atoms with E-state index in [0.717, 1.165) is 32.4 Å². The summed E-state index contributed by atoms with van der Waals surface area (Å²) >= 11 is 0. The van der Waals surface area contributed by atoms with E-state index in [1.165, 1.54) is 50.1 Å². The van der Waals surface area contributed by atoms with Crippen molar-refractivity contribution in [2.45, 2.75) is 45.7 Å². The average molecular weight is 417 g/mol. The summed E-state index contributed by atoms with van der Waals surface area (Å²) in [7, 11) is 0. The number of fused-ring (bicyclic) bond motifs is 1. The number of likely N-dealkylation sites (tertiary alicyclic amines) is 1. The smallest absolute Gasteiger partial charge is 0.300 e. The fraction of sp³-hybridized carbons (Fsp3) is 0.500. The molecule has 0 unspecified atom stereocenters. The molecule has 4 rings (SSSR count). The number of aromatic nitrogens is 2. The van der Waals surface area contributed by atoms with E-state index in [0.29, 0.717) is 0 Å². The van der Waals surface area contributed by atoms with E-state index in [2.05, 4.69) is 39.6 Å². The number of carboxylic acid groups (broad SMARTS) is 2. The number of carboxylic acids is 2. The van der Waals surface area contributed by atoms with Gasteiger partial charge in [-0.1, -0.05) is 18.2 Å². The molecule has 2 fully saturated rings. The Morgan fingerprint density at radius 3 is 2.50 bits per heavy atom. The first-order valence-corrected chi connectivity index (χ1v) is 10.3. The van der Waals surface area contributed by atoms with Crippen LogP contribution in [0.4, 0.5) is 0 Å². The summed E-state index contributed by atoms with van der Waals surface area (Å²) < 4.78 is 1.98. The molecule has 0 amide bonds. The zero-order chi connectivity index (χ0) is 21.9. The minimum atomic E-state index is -0.833. The number of rotatable bonds is 3. The zero-order valence-electron chi connectivity index (χ0n) is 17.7. The molecule has 164 valence electrons. The van der Waals surface area contributed by atoms with E-state index in [9.17, 15) is 0 Å². The molecule has 2 saturated heterocycles. The third-order valence-electron chi connectivity index (χ3n) is 5.11. The lowest BCUT2D eigenvalue weighted by Gasteiger charge is -2.42. The number of hydrogen-bond acceptors (Lipinski definition) is 5. The number of para-hydroxylation sites is 1. The first-order valence-electron chi connectivity index (χ1n) is 10.3. The summed E-state index contributed by atoms with van der Waals surface area (Å²) in [5.41, 5.74) is 2.57. The quantitative estimate of drug-likeness (QED) is 0.706. The summed E-state index contributed by atoms with van der Waals surface area (Å²) in [6, 6.07) is 11.4. The Morgan fingerprint density at radius 1 is 1.13 bits per heavy atom. The van der Waals surface area contributed by atoms with Crippen molar-refractivity contribution in [1.29, 1.82) is 0 Å². The maximum Gasteiger partial charge on any atom is 0.300 e. The van der Waals surface area contributed by atoms with Crippen molar-refractivity contribution in [3.63, 3.8) is 0 Å². The van der Waals surface area contributed by atoms with Crippen molar-refractivity contribution in [2.24, 2.45) is 5.92 Å². The van der Waals surface area contributed by atoms with Crippen LogP contribution < -0.4 is 5.32 Å². The fourth-order valence-corrected chi connectivity index (χ4v) is 3.98. The standard InChI is InChI=1S/C18H24N4.2C2H4O2/c1-2-7-18(22-11-4-10-20-22)16(5-1)14-21-12-8-17-15(13-21)6-3-9-19-17;2*1-2(3)4/h1-2,4-5,7,10-11,15,17,19H,3,6,8-9,12-14H2;2*1H3,(H,3,4)/t15-,17+;;/m1../s1. The van der Waals surface area contributed by atoms with E-state index >= 15 is 0 Å². The minimum absolute atomic E-state index is 0.756. The van der Waals surface area contributed by atoms with E-state index in [1.807, 2.05) is 23.1 Å². The maximum absolute atomic E-state index is 9.00. The molecule has 0 bridgehead atoms. The Bertz CT molecular complexity index is 774. The van der Waals surface area contributed by atoms with Crippen molar-refractivity contribution in [3.05, 3.63) is 48.3 Å². The largest absolute Gasteiger partial charge is 0.481 e. The molecule has 8 nitrogen and oxygen atoms in total. The van der Waals surface area contributed by atoms with Gasteiger partial charge >= 0.3 is 0 Å². The monoisotopic (exact) mass is 416 g/mol. The highest BCUT2D eigenvalue weighted by Crippen LogP contribution is 2.26. The molecule has 8 heteroatoms. The van der Waals surface area contributed by atoms with Gasteiger partial charge in [-0.05, 0) is 56.0 Å². The van der Waals surface area contributed by atoms with Crippen LogP contribution in [0.15, 0.2) is 42.7 Å².